The van der Waals surface area contributed by atoms with Crippen molar-refractivity contribution in [3.8, 4) is 0 Å². The van der Waals surface area contributed by atoms with Gasteiger partial charge in [0, 0.05) is 32.4 Å². The van der Waals surface area contributed by atoms with Crippen molar-refractivity contribution in [1.82, 2.24) is 20.5 Å². The zero-order valence-corrected chi connectivity index (χ0v) is 19.0. The van der Waals surface area contributed by atoms with Gasteiger partial charge in [-0.2, -0.15) is 0 Å². The summed E-state index contributed by atoms with van der Waals surface area (Å²) in [6, 6.07) is 3.60. The number of hydrogen-bond acceptors (Lipinski definition) is 5. The van der Waals surface area contributed by atoms with Crippen molar-refractivity contribution in [3.63, 3.8) is 0 Å². The minimum Gasteiger partial charge on any atom is -0.348 e. The number of likely N-dealkylation sites (tertiary alicyclic amines) is 1. The molecule has 1 saturated heterocycles. The van der Waals surface area contributed by atoms with Crippen molar-refractivity contribution in [1.29, 1.82) is 0 Å². The van der Waals surface area contributed by atoms with Crippen LogP contribution in [0.2, 0.25) is 0 Å². The smallest absolute Gasteiger partial charge is 0.309 e. The van der Waals surface area contributed by atoms with Gasteiger partial charge in [-0.1, -0.05) is 11.6 Å². The predicted octanol–water partition coefficient (Wildman–Crippen LogP) is 2.78. The van der Waals surface area contributed by atoms with Crippen molar-refractivity contribution >= 4 is 29.5 Å². The molecule has 0 radical (unpaired) electrons. The third-order valence-corrected chi connectivity index (χ3v) is 6.68. The number of nitrogens with one attached hydrogen (secondary N) is 2. The van der Waals surface area contributed by atoms with Crippen LogP contribution in [0, 0.1) is 5.92 Å². The van der Waals surface area contributed by atoms with Crippen molar-refractivity contribution < 1.29 is 14.4 Å². The Bertz CT molecular complexity index is 819. The van der Waals surface area contributed by atoms with Gasteiger partial charge in [0.05, 0.1) is 5.56 Å². The van der Waals surface area contributed by atoms with E-state index >= 15 is 0 Å². The number of nitrogens with zero attached hydrogens (tertiary/aromatic N) is 2. The van der Waals surface area contributed by atoms with E-state index in [-0.39, 0.29) is 11.8 Å². The Balaban J connectivity index is 1.35. The first-order valence-electron chi connectivity index (χ1n) is 11.1. The van der Waals surface area contributed by atoms with Crippen LogP contribution >= 0.6 is 11.8 Å². The number of carbonyl (C=O) groups excluding carboxylic acids is 3. The Morgan fingerprint density at radius 1 is 1.16 bits per heavy atom. The van der Waals surface area contributed by atoms with E-state index in [0.29, 0.717) is 31.7 Å². The summed E-state index contributed by atoms with van der Waals surface area (Å²) >= 11 is 1.47. The number of thioether (sulfide) groups is 1. The van der Waals surface area contributed by atoms with Gasteiger partial charge in [-0.3, -0.25) is 14.4 Å². The highest BCUT2D eigenvalue weighted by molar-refractivity contribution is 7.98. The summed E-state index contributed by atoms with van der Waals surface area (Å²) in [7, 11) is 0. The van der Waals surface area contributed by atoms with Crippen LogP contribution < -0.4 is 10.6 Å². The summed E-state index contributed by atoms with van der Waals surface area (Å²) in [5.74, 6) is -0.865. The Hall–Kier alpha value is -2.35. The highest BCUT2D eigenvalue weighted by Crippen LogP contribution is 2.23. The molecule has 168 valence electrons. The van der Waals surface area contributed by atoms with Crippen molar-refractivity contribution in [3.05, 3.63) is 35.5 Å². The zero-order valence-electron chi connectivity index (χ0n) is 18.2. The molecule has 3 amide bonds. The summed E-state index contributed by atoms with van der Waals surface area (Å²) in [5, 5.41) is 6.21. The van der Waals surface area contributed by atoms with E-state index in [1.54, 1.807) is 12.3 Å². The number of rotatable bonds is 7. The normalized spacial score (nSPS) is 17.1. The molecule has 0 aromatic carbocycles. The maximum atomic E-state index is 12.8. The van der Waals surface area contributed by atoms with Crippen LogP contribution in [0.3, 0.4) is 0 Å². The molecule has 31 heavy (non-hydrogen) atoms. The van der Waals surface area contributed by atoms with Gasteiger partial charge in [0.15, 0.2) is 0 Å². The number of carbonyl (C=O) groups is 3. The summed E-state index contributed by atoms with van der Waals surface area (Å²) in [5.41, 5.74) is 2.02. The van der Waals surface area contributed by atoms with E-state index in [1.807, 2.05) is 17.2 Å². The largest absolute Gasteiger partial charge is 0.348 e. The van der Waals surface area contributed by atoms with Crippen molar-refractivity contribution in [2.45, 2.75) is 50.0 Å². The highest BCUT2D eigenvalue weighted by atomic mass is 32.2. The monoisotopic (exact) mass is 444 g/mol. The molecule has 8 heteroatoms. The number of pyridine rings is 1. The molecule has 2 heterocycles. The molecule has 0 bridgehead atoms. The van der Waals surface area contributed by atoms with Crippen LogP contribution in [0.5, 0.6) is 0 Å². The zero-order chi connectivity index (χ0) is 22.1. The lowest BCUT2D eigenvalue weighted by Gasteiger charge is -2.32. The number of allylic oxidation sites excluding steroid dienone is 1. The van der Waals surface area contributed by atoms with Crippen LogP contribution in [0.4, 0.5) is 0 Å². The molecule has 0 spiro atoms. The topological polar surface area (TPSA) is 91.4 Å². The van der Waals surface area contributed by atoms with Gasteiger partial charge in [-0.05, 0) is 69.3 Å². The molecule has 2 aliphatic rings. The standard InChI is InChI=1S/C23H32N4O3S/c1-31-22-19(8-5-12-25-22)23(30)27-14-10-18(11-15-27)16-26-21(29)20(28)24-13-9-17-6-3-2-4-7-17/h5-6,8,12,18H,2-4,7,9-11,13-16H2,1H3,(H,24,28)(H,26,29). The molecule has 1 fully saturated rings. The molecule has 1 aromatic heterocycles. The molecule has 0 unspecified atom stereocenters. The molecular formula is C23H32N4O3S. The quantitative estimate of drug-likeness (QED) is 0.383. The lowest BCUT2D eigenvalue weighted by Crippen LogP contribution is -2.45. The minimum absolute atomic E-state index is 0.00685. The Morgan fingerprint density at radius 2 is 1.94 bits per heavy atom. The molecule has 1 aromatic rings. The molecule has 0 saturated carbocycles. The minimum atomic E-state index is -0.573. The van der Waals surface area contributed by atoms with Crippen LogP contribution in [0.25, 0.3) is 0 Å². The van der Waals surface area contributed by atoms with Crippen LogP contribution in [0.1, 0.15) is 55.3 Å². The second-order valence-corrected chi connectivity index (χ2v) is 8.91. The van der Waals surface area contributed by atoms with E-state index < -0.39 is 11.8 Å². The van der Waals surface area contributed by atoms with Gasteiger partial charge < -0.3 is 15.5 Å². The molecule has 2 N–H and O–H groups in total. The van der Waals surface area contributed by atoms with Gasteiger partial charge in [0.25, 0.3) is 5.91 Å². The summed E-state index contributed by atoms with van der Waals surface area (Å²) in [4.78, 5) is 43.0. The Labute approximate surface area is 188 Å². The van der Waals surface area contributed by atoms with E-state index in [4.69, 9.17) is 0 Å². The van der Waals surface area contributed by atoms with Crippen LogP contribution in [-0.4, -0.2) is 60.0 Å². The first kappa shape index (κ1) is 23.3. The highest BCUT2D eigenvalue weighted by Gasteiger charge is 2.26. The molecule has 1 aliphatic heterocycles. The van der Waals surface area contributed by atoms with Gasteiger partial charge >= 0.3 is 11.8 Å². The molecule has 7 nitrogen and oxygen atoms in total. The number of amides is 3. The van der Waals surface area contributed by atoms with E-state index in [0.717, 1.165) is 37.1 Å². The first-order valence-corrected chi connectivity index (χ1v) is 12.3. The summed E-state index contributed by atoms with van der Waals surface area (Å²) < 4.78 is 0. The predicted molar refractivity (Wildman–Crippen MR) is 122 cm³/mol. The molecule has 1 aliphatic carbocycles. The van der Waals surface area contributed by atoms with Crippen LogP contribution in [0.15, 0.2) is 35.0 Å². The van der Waals surface area contributed by atoms with Gasteiger partial charge in [0.2, 0.25) is 0 Å². The van der Waals surface area contributed by atoms with Crippen molar-refractivity contribution in [2.75, 3.05) is 32.4 Å². The fourth-order valence-electron chi connectivity index (χ4n) is 4.09. The second-order valence-electron chi connectivity index (χ2n) is 8.12. The Kier molecular flexibility index (Phi) is 8.94. The number of hydrogen-bond donors (Lipinski definition) is 2. The molecule has 0 atom stereocenters. The van der Waals surface area contributed by atoms with Gasteiger partial charge in [-0.25, -0.2) is 4.98 Å². The summed E-state index contributed by atoms with van der Waals surface area (Å²) in [6.07, 6.45) is 13.0. The lowest BCUT2D eigenvalue weighted by atomic mass is 9.96. The maximum Gasteiger partial charge on any atom is 0.309 e. The van der Waals surface area contributed by atoms with E-state index in [2.05, 4.69) is 21.7 Å². The third kappa shape index (κ3) is 6.82. The fraction of sp³-hybridized carbons (Fsp3) is 0.565. The van der Waals surface area contributed by atoms with Crippen molar-refractivity contribution in [2.24, 2.45) is 5.92 Å². The van der Waals surface area contributed by atoms with Gasteiger partial charge in [-0.15, -0.1) is 11.8 Å². The Morgan fingerprint density at radius 3 is 2.65 bits per heavy atom. The summed E-state index contributed by atoms with van der Waals surface area (Å²) in [6.45, 7) is 2.25. The molecular weight excluding hydrogens is 412 g/mol. The molecule has 3 rings (SSSR count). The average molecular weight is 445 g/mol. The fourth-order valence-corrected chi connectivity index (χ4v) is 4.63. The second kappa shape index (κ2) is 11.9. The maximum absolute atomic E-state index is 12.8. The lowest BCUT2D eigenvalue weighted by molar-refractivity contribution is -0.139. The number of piperidine rings is 1. The average Bonchev–Trinajstić information content (AvgIpc) is 2.83. The van der Waals surface area contributed by atoms with E-state index in [9.17, 15) is 14.4 Å². The SMILES string of the molecule is CSc1ncccc1C(=O)N1CCC(CNC(=O)C(=O)NCCC2=CCCCC2)CC1. The van der Waals surface area contributed by atoms with Gasteiger partial charge in [0.1, 0.15) is 5.03 Å². The number of aromatic nitrogens is 1. The first-order chi connectivity index (χ1) is 15.1. The van der Waals surface area contributed by atoms with E-state index in [1.165, 1.54) is 30.2 Å². The third-order valence-electron chi connectivity index (χ3n) is 5.97. The van der Waals surface area contributed by atoms with Crippen LogP contribution in [-0.2, 0) is 9.59 Å².